The first kappa shape index (κ1) is 24.6. The molecule has 0 radical (unpaired) electrons. The number of carbonyl (C=O) groups excluding carboxylic acids is 3. The number of methoxy groups -OCH3 is 1. The van der Waals surface area contributed by atoms with Crippen LogP contribution in [0.25, 0.3) is 4.91 Å². The third kappa shape index (κ3) is 4.93. The van der Waals surface area contributed by atoms with Crippen molar-refractivity contribution in [3.05, 3.63) is 58.9 Å². The van der Waals surface area contributed by atoms with Crippen LogP contribution in [0.3, 0.4) is 0 Å². The summed E-state index contributed by atoms with van der Waals surface area (Å²) in [4.78, 5) is 46.8. The lowest BCUT2D eigenvalue weighted by atomic mass is 10.1. The van der Waals surface area contributed by atoms with Crippen molar-refractivity contribution < 1.29 is 23.9 Å². The van der Waals surface area contributed by atoms with E-state index in [0.717, 1.165) is 20.9 Å². The van der Waals surface area contributed by atoms with Gasteiger partial charge in [0.2, 0.25) is 5.91 Å². The fraction of sp³-hybridized carbons (Fsp3) is 0.360. The Morgan fingerprint density at radius 3 is 2.83 bits per heavy atom. The molecule has 1 aromatic heterocycles. The molecule has 9 nitrogen and oxygen atoms in total. The number of pyridine rings is 1. The van der Waals surface area contributed by atoms with Gasteiger partial charge in [-0.2, -0.15) is 0 Å². The zero-order valence-electron chi connectivity index (χ0n) is 19.6. The fourth-order valence-electron chi connectivity index (χ4n) is 4.43. The maximum absolute atomic E-state index is 13.4. The first-order valence-corrected chi connectivity index (χ1v) is 12.9. The molecule has 1 N–H and O–H groups in total. The summed E-state index contributed by atoms with van der Waals surface area (Å²) in [6, 6.07) is 6.10. The van der Waals surface area contributed by atoms with Gasteiger partial charge in [0.15, 0.2) is 0 Å². The zero-order chi connectivity index (χ0) is 25.2. The molecule has 2 fully saturated rings. The summed E-state index contributed by atoms with van der Waals surface area (Å²) in [6.45, 7) is 2.29. The van der Waals surface area contributed by atoms with Crippen LogP contribution in [0.4, 0.5) is 10.5 Å². The van der Waals surface area contributed by atoms with Gasteiger partial charge in [0.05, 0.1) is 38.2 Å². The second-order valence-electron chi connectivity index (χ2n) is 8.61. The first-order valence-electron chi connectivity index (χ1n) is 11.6. The van der Waals surface area contributed by atoms with Gasteiger partial charge in [-0.15, -0.1) is 11.8 Å². The Bertz CT molecular complexity index is 1230. The van der Waals surface area contributed by atoms with E-state index in [-0.39, 0.29) is 11.8 Å². The molecule has 3 aliphatic heterocycles. The lowest BCUT2D eigenvalue weighted by molar-refractivity contribution is -0.135. The van der Waals surface area contributed by atoms with E-state index >= 15 is 0 Å². The lowest BCUT2D eigenvalue weighted by Gasteiger charge is -2.33. The van der Waals surface area contributed by atoms with Crippen LogP contribution in [0.2, 0.25) is 5.02 Å². The largest absolute Gasteiger partial charge is 0.497 e. The minimum Gasteiger partial charge on any atom is -0.497 e. The van der Waals surface area contributed by atoms with Gasteiger partial charge in [-0.25, -0.2) is 9.69 Å². The number of nitrogens with one attached hydrogen (secondary N) is 1. The number of benzene rings is 1. The van der Waals surface area contributed by atoms with E-state index in [9.17, 15) is 14.4 Å². The van der Waals surface area contributed by atoms with Gasteiger partial charge in [-0.1, -0.05) is 11.6 Å². The van der Waals surface area contributed by atoms with Crippen molar-refractivity contribution in [2.24, 2.45) is 0 Å². The highest BCUT2D eigenvalue weighted by atomic mass is 35.5. The number of hydrogen-bond donors (Lipinski definition) is 1. The molecule has 188 valence electrons. The van der Waals surface area contributed by atoms with Crippen LogP contribution in [-0.4, -0.2) is 72.4 Å². The zero-order valence-corrected chi connectivity index (χ0v) is 21.2. The Kier molecular flexibility index (Phi) is 7.17. The van der Waals surface area contributed by atoms with E-state index in [1.54, 1.807) is 36.4 Å². The number of urea groups is 1. The number of fused-ring (bicyclic) bond motifs is 1. The second kappa shape index (κ2) is 10.5. The predicted molar refractivity (Wildman–Crippen MR) is 137 cm³/mol. The molecule has 4 amide bonds. The number of rotatable bonds is 6. The summed E-state index contributed by atoms with van der Waals surface area (Å²) in [5.74, 6) is 0.371. The Morgan fingerprint density at radius 2 is 2.06 bits per heavy atom. The Balaban J connectivity index is 1.29. The Hall–Kier alpha value is -3.08. The number of hydrogen-bond acceptors (Lipinski definition) is 7. The van der Waals surface area contributed by atoms with Crippen molar-refractivity contribution in [3.8, 4) is 5.75 Å². The third-order valence-corrected chi connectivity index (χ3v) is 8.03. The SMILES string of the molecule is COc1ccc(Cl)c(C2=CC3NC(=O)N(c4cncc(CCC(=O)N5CCOCC5)c4)C(=O)C3S2)c1. The van der Waals surface area contributed by atoms with E-state index in [1.165, 1.54) is 18.0 Å². The minimum atomic E-state index is -0.536. The van der Waals surface area contributed by atoms with E-state index in [4.69, 9.17) is 21.1 Å². The monoisotopic (exact) mass is 528 g/mol. The topological polar surface area (TPSA) is 101 Å². The van der Waals surface area contributed by atoms with E-state index in [2.05, 4.69) is 10.3 Å². The van der Waals surface area contributed by atoms with Crippen molar-refractivity contribution in [1.29, 1.82) is 0 Å². The molecule has 11 heteroatoms. The molecule has 2 unspecified atom stereocenters. The number of anilines is 1. The standard InChI is InChI=1S/C25H25ClN4O5S/c1-34-17-3-4-19(26)18(11-17)21-12-20-23(36-21)24(32)30(25(33)28-20)16-10-15(13-27-14-16)2-5-22(31)29-6-8-35-9-7-29/h3-4,10-14,20,23H,2,5-9H2,1H3,(H,28,33). The molecule has 36 heavy (non-hydrogen) atoms. The van der Waals surface area contributed by atoms with Gasteiger partial charge in [-0.3, -0.25) is 14.6 Å². The van der Waals surface area contributed by atoms with Crippen molar-refractivity contribution in [2.75, 3.05) is 38.3 Å². The summed E-state index contributed by atoms with van der Waals surface area (Å²) in [5, 5.41) is 2.91. The molecule has 0 bridgehead atoms. The predicted octanol–water partition coefficient (Wildman–Crippen LogP) is 3.12. The molecule has 2 aromatic rings. The van der Waals surface area contributed by atoms with Crippen molar-refractivity contribution in [1.82, 2.24) is 15.2 Å². The summed E-state index contributed by atoms with van der Waals surface area (Å²) in [6.07, 6.45) is 5.77. The number of morpholine rings is 1. The fourth-order valence-corrected chi connectivity index (χ4v) is 6.00. The summed E-state index contributed by atoms with van der Waals surface area (Å²) >= 11 is 7.76. The Morgan fingerprint density at radius 1 is 1.25 bits per heavy atom. The number of aryl methyl sites for hydroxylation is 1. The number of imide groups is 1. The van der Waals surface area contributed by atoms with Gasteiger partial charge >= 0.3 is 6.03 Å². The highest BCUT2D eigenvalue weighted by Gasteiger charge is 2.45. The van der Waals surface area contributed by atoms with Crippen LogP contribution in [0.1, 0.15) is 17.5 Å². The summed E-state index contributed by atoms with van der Waals surface area (Å²) in [5.41, 5.74) is 1.90. The second-order valence-corrected chi connectivity index (χ2v) is 10.2. The van der Waals surface area contributed by atoms with Crippen LogP contribution in [0, 0.1) is 0 Å². The van der Waals surface area contributed by atoms with Crippen LogP contribution >= 0.6 is 23.4 Å². The molecule has 2 atom stereocenters. The first-order chi connectivity index (χ1) is 17.4. The van der Waals surface area contributed by atoms with E-state index in [0.29, 0.717) is 55.6 Å². The number of thioether (sulfide) groups is 1. The molecule has 0 saturated carbocycles. The number of halogens is 1. The van der Waals surface area contributed by atoms with Crippen LogP contribution in [0.5, 0.6) is 5.75 Å². The Labute approximate surface area is 217 Å². The smallest absolute Gasteiger partial charge is 0.329 e. The van der Waals surface area contributed by atoms with Crippen LogP contribution in [-0.2, 0) is 20.7 Å². The van der Waals surface area contributed by atoms with Crippen molar-refractivity contribution >= 4 is 51.8 Å². The quantitative estimate of drug-likeness (QED) is 0.614. The van der Waals surface area contributed by atoms with Gasteiger partial charge in [0.1, 0.15) is 11.0 Å². The molecule has 5 rings (SSSR count). The molecule has 1 aromatic carbocycles. The van der Waals surface area contributed by atoms with Gasteiger partial charge in [0, 0.05) is 41.2 Å². The molecule has 0 aliphatic carbocycles. The molecule has 4 heterocycles. The van der Waals surface area contributed by atoms with Crippen molar-refractivity contribution in [2.45, 2.75) is 24.1 Å². The van der Waals surface area contributed by atoms with Gasteiger partial charge in [-0.05, 0) is 42.3 Å². The number of aromatic nitrogens is 1. The van der Waals surface area contributed by atoms with Crippen LogP contribution in [0.15, 0.2) is 42.7 Å². The van der Waals surface area contributed by atoms with Gasteiger partial charge < -0.3 is 19.7 Å². The average molecular weight is 529 g/mol. The number of nitrogens with zero attached hydrogens (tertiary/aromatic N) is 3. The number of ether oxygens (including phenoxy) is 2. The maximum atomic E-state index is 13.4. The summed E-state index contributed by atoms with van der Waals surface area (Å²) in [7, 11) is 1.57. The molecular weight excluding hydrogens is 504 g/mol. The highest BCUT2D eigenvalue weighted by molar-refractivity contribution is 8.09. The highest BCUT2D eigenvalue weighted by Crippen LogP contribution is 2.45. The molecule has 3 aliphatic rings. The summed E-state index contributed by atoms with van der Waals surface area (Å²) < 4.78 is 10.6. The van der Waals surface area contributed by atoms with Gasteiger partial charge in [0.25, 0.3) is 5.91 Å². The average Bonchev–Trinajstić information content (AvgIpc) is 3.32. The molecule has 0 spiro atoms. The minimum absolute atomic E-state index is 0.0514. The molecular formula is C25H25ClN4O5S. The van der Waals surface area contributed by atoms with E-state index < -0.39 is 17.3 Å². The van der Waals surface area contributed by atoms with Crippen LogP contribution < -0.4 is 15.0 Å². The third-order valence-electron chi connectivity index (χ3n) is 6.34. The maximum Gasteiger partial charge on any atom is 0.329 e. The number of carbonyl (C=O) groups is 3. The lowest BCUT2D eigenvalue weighted by Crippen LogP contribution is -2.60. The van der Waals surface area contributed by atoms with Crippen molar-refractivity contribution in [3.63, 3.8) is 0 Å². The number of amides is 4. The van der Waals surface area contributed by atoms with E-state index in [1.807, 2.05) is 12.1 Å². The normalized spacial score (nSPS) is 21.7. The molecule has 2 saturated heterocycles.